The van der Waals surface area contributed by atoms with Crippen molar-refractivity contribution in [1.29, 1.82) is 0 Å². The van der Waals surface area contributed by atoms with E-state index in [4.69, 9.17) is 15.7 Å². The fraction of sp³-hybridized carbons (Fsp3) is 0.0566. The van der Waals surface area contributed by atoms with Gasteiger partial charge >= 0.3 is 0 Å². The van der Waals surface area contributed by atoms with Crippen LogP contribution in [0.5, 0.6) is 0 Å². The lowest BCUT2D eigenvalue weighted by atomic mass is 9.81. The normalized spacial score (nSPS) is 13.9. The monoisotopic (exact) mass is 747 g/mol. The molecule has 9 aromatic carbocycles. The molecule has 1 heterocycles. The van der Waals surface area contributed by atoms with Gasteiger partial charge in [-0.25, -0.2) is 9.98 Å². The highest BCUT2D eigenvalue weighted by atomic mass is 32.1. The molecule has 0 saturated heterocycles. The van der Waals surface area contributed by atoms with Crippen LogP contribution in [-0.2, 0) is 5.41 Å². The average molecular weight is 748 g/mol. The fourth-order valence-electron chi connectivity index (χ4n) is 9.23. The first-order valence-electron chi connectivity index (χ1n) is 19.4. The Morgan fingerprint density at radius 1 is 0.561 bits per heavy atom. The van der Waals surface area contributed by atoms with Crippen molar-refractivity contribution in [2.24, 2.45) is 15.7 Å². The van der Waals surface area contributed by atoms with Gasteiger partial charge in [0.15, 0.2) is 5.84 Å². The quantitative estimate of drug-likeness (QED) is 0.106. The van der Waals surface area contributed by atoms with Crippen molar-refractivity contribution in [2.45, 2.75) is 19.3 Å². The third kappa shape index (κ3) is 5.11. The summed E-state index contributed by atoms with van der Waals surface area (Å²) in [5.41, 5.74) is 17.3. The SMILES string of the molecule is C=C(/N=C(\N=C(/N)c1ccccc1)c1cccc2c1sc1ccccc12)c1cccc2c1-c1ccc(-c3ccc4ccc5cccc6ccc3c4c56)cc1C2(C)C. The number of aliphatic imine (C=N–C) groups is 2. The third-order valence-electron chi connectivity index (χ3n) is 12.0. The Labute approximate surface area is 335 Å². The van der Waals surface area contributed by atoms with Crippen LogP contribution in [0.1, 0.15) is 41.7 Å². The molecule has 10 aromatic rings. The van der Waals surface area contributed by atoms with Crippen molar-refractivity contribution in [2.75, 3.05) is 0 Å². The highest BCUT2D eigenvalue weighted by Gasteiger charge is 2.37. The van der Waals surface area contributed by atoms with Gasteiger partial charge in [0.2, 0.25) is 0 Å². The molecule has 0 saturated carbocycles. The molecule has 4 heteroatoms. The number of benzene rings is 9. The number of amidine groups is 2. The first kappa shape index (κ1) is 33.5. The van der Waals surface area contributed by atoms with Crippen LogP contribution in [0.25, 0.3) is 80.4 Å². The van der Waals surface area contributed by atoms with E-state index >= 15 is 0 Å². The lowest BCUT2D eigenvalue weighted by Crippen LogP contribution is -2.16. The van der Waals surface area contributed by atoms with Crippen LogP contribution in [-0.4, -0.2) is 11.7 Å². The molecule has 0 radical (unpaired) electrons. The summed E-state index contributed by atoms with van der Waals surface area (Å²) >= 11 is 1.75. The lowest BCUT2D eigenvalue weighted by molar-refractivity contribution is 0.660. The van der Waals surface area contributed by atoms with E-state index in [2.05, 4.69) is 154 Å². The molecule has 270 valence electrons. The molecular formula is C53H37N3S. The zero-order valence-corrected chi connectivity index (χ0v) is 32.5. The molecule has 0 fully saturated rings. The first-order valence-corrected chi connectivity index (χ1v) is 20.2. The summed E-state index contributed by atoms with van der Waals surface area (Å²) in [6, 6.07) is 58.5. The predicted molar refractivity (Wildman–Crippen MR) is 245 cm³/mol. The highest BCUT2D eigenvalue weighted by molar-refractivity contribution is 7.26. The minimum atomic E-state index is -0.244. The molecule has 0 atom stereocenters. The van der Waals surface area contributed by atoms with E-state index in [1.807, 2.05) is 30.3 Å². The number of rotatable bonds is 5. The molecule has 3 nitrogen and oxygen atoms in total. The number of hydrogen-bond acceptors (Lipinski definition) is 2. The van der Waals surface area contributed by atoms with E-state index < -0.39 is 0 Å². The summed E-state index contributed by atoms with van der Waals surface area (Å²) in [5, 5.41) is 10.2. The molecule has 0 spiro atoms. The molecule has 1 aliphatic carbocycles. The van der Waals surface area contributed by atoms with Gasteiger partial charge in [-0.15, -0.1) is 11.3 Å². The van der Waals surface area contributed by atoms with Crippen molar-refractivity contribution < 1.29 is 0 Å². The van der Waals surface area contributed by atoms with Crippen LogP contribution in [0, 0.1) is 0 Å². The maximum Gasteiger partial charge on any atom is 0.163 e. The molecule has 0 amide bonds. The summed E-state index contributed by atoms with van der Waals surface area (Å²) in [6.07, 6.45) is 0. The van der Waals surface area contributed by atoms with Gasteiger partial charge in [-0.2, -0.15) is 0 Å². The number of nitrogens with zero attached hydrogens (tertiary/aromatic N) is 2. The van der Waals surface area contributed by atoms with E-state index in [0.29, 0.717) is 17.4 Å². The maximum atomic E-state index is 6.74. The van der Waals surface area contributed by atoms with Gasteiger partial charge in [0, 0.05) is 42.3 Å². The Kier molecular flexibility index (Phi) is 7.38. The van der Waals surface area contributed by atoms with Gasteiger partial charge < -0.3 is 5.73 Å². The Morgan fingerprint density at radius 2 is 1.23 bits per heavy atom. The van der Waals surface area contributed by atoms with Crippen LogP contribution in [0.3, 0.4) is 0 Å². The van der Waals surface area contributed by atoms with Gasteiger partial charge in [-0.1, -0.05) is 166 Å². The molecule has 11 rings (SSSR count). The number of thiophene rings is 1. The number of fused-ring (bicyclic) bond motifs is 6. The molecule has 0 bridgehead atoms. The molecule has 0 aliphatic heterocycles. The van der Waals surface area contributed by atoms with Crippen LogP contribution < -0.4 is 5.73 Å². The largest absolute Gasteiger partial charge is 0.383 e. The van der Waals surface area contributed by atoms with E-state index in [0.717, 1.165) is 21.4 Å². The predicted octanol–water partition coefficient (Wildman–Crippen LogP) is 13.7. The highest BCUT2D eigenvalue weighted by Crippen LogP contribution is 2.52. The van der Waals surface area contributed by atoms with E-state index in [1.54, 1.807) is 11.3 Å². The number of nitrogens with two attached hydrogens (primary N) is 1. The molecule has 57 heavy (non-hydrogen) atoms. The van der Waals surface area contributed by atoms with Gasteiger partial charge in [0.05, 0.1) is 5.70 Å². The molecule has 0 unspecified atom stereocenters. The van der Waals surface area contributed by atoms with Crippen molar-refractivity contribution in [3.8, 4) is 22.3 Å². The van der Waals surface area contributed by atoms with E-state index in [9.17, 15) is 0 Å². The zero-order chi connectivity index (χ0) is 38.4. The summed E-state index contributed by atoms with van der Waals surface area (Å²) in [5.74, 6) is 0.947. The van der Waals surface area contributed by atoms with E-state index in [-0.39, 0.29) is 5.41 Å². The van der Waals surface area contributed by atoms with E-state index in [1.165, 1.54) is 81.2 Å². The minimum Gasteiger partial charge on any atom is -0.383 e. The molecule has 2 N–H and O–H groups in total. The Hall–Kier alpha value is -6.88. The minimum absolute atomic E-state index is 0.244. The average Bonchev–Trinajstić information content (AvgIpc) is 3.74. The Morgan fingerprint density at radius 3 is 2.07 bits per heavy atom. The van der Waals surface area contributed by atoms with Crippen molar-refractivity contribution in [1.82, 2.24) is 0 Å². The van der Waals surface area contributed by atoms with Crippen molar-refractivity contribution >= 4 is 81.2 Å². The second-order valence-corrected chi connectivity index (χ2v) is 16.7. The van der Waals surface area contributed by atoms with Gasteiger partial charge in [-0.05, 0) is 83.9 Å². The maximum absolute atomic E-state index is 6.74. The van der Waals surface area contributed by atoms with Crippen LogP contribution in [0.15, 0.2) is 180 Å². The van der Waals surface area contributed by atoms with Crippen molar-refractivity contribution in [3.63, 3.8) is 0 Å². The summed E-state index contributed by atoms with van der Waals surface area (Å²) in [6.45, 7) is 9.30. The fourth-order valence-corrected chi connectivity index (χ4v) is 10.4. The lowest BCUT2D eigenvalue weighted by Gasteiger charge is -2.22. The molecule has 1 aromatic heterocycles. The second kappa shape index (κ2) is 12.6. The van der Waals surface area contributed by atoms with Crippen LogP contribution in [0.2, 0.25) is 0 Å². The molecular weight excluding hydrogens is 711 g/mol. The topological polar surface area (TPSA) is 50.7 Å². The Bertz CT molecular complexity index is 3330. The first-order chi connectivity index (χ1) is 27.8. The van der Waals surface area contributed by atoms with Crippen molar-refractivity contribution in [3.05, 3.63) is 198 Å². The zero-order valence-electron chi connectivity index (χ0n) is 31.7. The standard InChI is InChI=1S/C53H37N3S/c1-31(55-52(56-51(54)35-12-5-4-6-13-35)43-19-10-18-41-39-16-7-8-21-46(39)57-50(41)43)37-17-11-20-44-49(37)42-29-26-36(30-45(42)53(44,2)3)38-27-24-34-23-22-32-14-9-15-33-25-28-40(38)48(34)47(32)33/h4-30H,1H2,2-3H3,(H2,54,55,56). The van der Waals surface area contributed by atoms with Gasteiger partial charge in [0.1, 0.15) is 5.84 Å². The summed E-state index contributed by atoms with van der Waals surface area (Å²) in [7, 11) is 0. The summed E-state index contributed by atoms with van der Waals surface area (Å²) in [4.78, 5) is 10.4. The molecule has 1 aliphatic rings. The third-order valence-corrected chi connectivity index (χ3v) is 13.3. The second-order valence-electron chi connectivity index (χ2n) is 15.6. The smallest absolute Gasteiger partial charge is 0.163 e. The van der Waals surface area contributed by atoms with Crippen LogP contribution in [0.4, 0.5) is 0 Å². The summed E-state index contributed by atoms with van der Waals surface area (Å²) < 4.78 is 2.35. The van der Waals surface area contributed by atoms with Gasteiger partial charge in [-0.3, -0.25) is 0 Å². The number of hydrogen-bond donors (Lipinski definition) is 1. The van der Waals surface area contributed by atoms with Crippen LogP contribution >= 0.6 is 11.3 Å². The Balaban J connectivity index is 1.06. The van der Waals surface area contributed by atoms with Gasteiger partial charge in [0.25, 0.3) is 0 Å².